The van der Waals surface area contributed by atoms with E-state index in [2.05, 4.69) is 5.10 Å². The number of aliphatic hydroxyl groups is 1. The van der Waals surface area contributed by atoms with Gasteiger partial charge in [0.1, 0.15) is 0 Å². The topological polar surface area (TPSA) is 67.6 Å². The number of amides is 1. The van der Waals surface area contributed by atoms with Gasteiger partial charge in [0.25, 0.3) is 0 Å². The largest absolute Gasteiger partial charge is 0.390 e. The summed E-state index contributed by atoms with van der Waals surface area (Å²) in [6.07, 6.45) is 7.85. The molecule has 1 atom stereocenters. The fraction of sp³-hybridized carbons (Fsp3) is 0.750. The van der Waals surface area contributed by atoms with E-state index in [9.17, 15) is 9.90 Å². The molecular formula is C16H25N3O3. The van der Waals surface area contributed by atoms with Gasteiger partial charge in [-0.05, 0) is 37.7 Å². The number of likely N-dealkylation sites (tertiary alicyclic amines) is 1. The van der Waals surface area contributed by atoms with Crippen LogP contribution < -0.4 is 0 Å². The molecule has 1 aromatic heterocycles. The van der Waals surface area contributed by atoms with E-state index in [1.165, 1.54) is 0 Å². The molecule has 1 spiro atoms. The standard InChI is InChI=1S/C16H25N3O3/c1-18-12-13(11-17-18)4-5-15(21)19-8-6-16(7-9-19)14(20)3-2-10-22-16/h11-12,14,20H,2-10H2,1H3/t14-/m0/s1. The highest BCUT2D eigenvalue weighted by molar-refractivity contribution is 5.76. The van der Waals surface area contributed by atoms with Crippen LogP contribution in [-0.4, -0.2) is 57.1 Å². The Labute approximate surface area is 131 Å². The van der Waals surface area contributed by atoms with Gasteiger partial charge in [-0.3, -0.25) is 9.48 Å². The first kappa shape index (κ1) is 15.5. The monoisotopic (exact) mass is 307 g/mol. The number of hydrogen-bond donors (Lipinski definition) is 1. The highest BCUT2D eigenvalue weighted by Gasteiger charge is 2.44. The number of ether oxygens (including phenoxy) is 1. The summed E-state index contributed by atoms with van der Waals surface area (Å²) in [5.74, 6) is 0.184. The van der Waals surface area contributed by atoms with Crippen molar-refractivity contribution in [1.82, 2.24) is 14.7 Å². The van der Waals surface area contributed by atoms with Crippen molar-refractivity contribution in [2.45, 2.75) is 50.2 Å². The molecule has 3 rings (SSSR count). The molecule has 22 heavy (non-hydrogen) atoms. The van der Waals surface area contributed by atoms with Gasteiger partial charge >= 0.3 is 0 Å². The van der Waals surface area contributed by atoms with E-state index < -0.39 is 5.60 Å². The molecule has 1 N–H and O–H groups in total. The normalized spacial score (nSPS) is 24.6. The fourth-order valence-electron chi connectivity index (χ4n) is 3.53. The number of carbonyl (C=O) groups is 1. The van der Waals surface area contributed by atoms with Crippen LogP contribution in [-0.2, 0) is 23.0 Å². The van der Waals surface area contributed by atoms with Crippen LogP contribution in [0.25, 0.3) is 0 Å². The molecule has 2 aliphatic rings. The number of nitrogens with zero attached hydrogens (tertiary/aromatic N) is 3. The quantitative estimate of drug-likeness (QED) is 0.900. The van der Waals surface area contributed by atoms with Crippen molar-refractivity contribution in [3.8, 4) is 0 Å². The van der Waals surface area contributed by atoms with Crippen LogP contribution in [0.3, 0.4) is 0 Å². The number of piperidine rings is 1. The molecule has 2 saturated heterocycles. The van der Waals surface area contributed by atoms with Crippen LogP contribution in [0.2, 0.25) is 0 Å². The summed E-state index contributed by atoms with van der Waals surface area (Å²) in [5, 5.41) is 14.3. The lowest BCUT2D eigenvalue weighted by Crippen LogP contribution is -2.56. The summed E-state index contributed by atoms with van der Waals surface area (Å²) in [6, 6.07) is 0. The van der Waals surface area contributed by atoms with Crippen molar-refractivity contribution < 1.29 is 14.6 Å². The second kappa shape index (κ2) is 6.38. The number of aryl methyl sites for hydroxylation is 2. The zero-order valence-corrected chi connectivity index (χ0v) is 13.2. The van der Waals surface area contributed by atoms with Gasteiger partial charge in [0, 0.05) is 39.4 Å². The molecule has 0 saturated carbocycles. The Bertz CT molecular complexity index is 520. The Hall–Kier alpha value is -1.40. The van der Waals surface area contributed by atoms with Gasteiger partial charge in [-0.25, -0.2) is 0 Å². The Morgan fingerprint density at radius 2 is 2.27 bits per heavy atom. The third kappa shape index (κ3) is 3.17. The maximum atomic E-state index is 12.3. The average Bonchev–Trinajstić information content (AvgIpc) is 2.94. The lowest BCUT2D eigenvalue weighted by molar-refractivity contribution is -0.179. The van der Waals surface area contributed by atoms with E-state index >= 15 is 0 Å². The van der Waals surface area contributed by atoms with E-state index in [4.69, 9.17) is 4.74 Å². The van der Waals surface area contributed by atoms with Crippen LogP contribution in [0, 0.1) is 0 Å². The summed E-state index contributed by atoms with van der Waals surface area (Å²) in [4.78, 5) is 14.2. The number of aromatic nitrogens is 2. The van der Waals surface area contributed by atoms with Crippen LogP contribution >= 0.6 is 0 Å². The smallest absolute Gasteiger partial charge is 0.222 e. The predicted octanol–water partition coefficient (Wildman–Crippen LogP) is 0.885. The second-order valence-corrected chi connectivity index (χ2v) is 6.47. The van der Waals surface area contributed by atoms with Crippen LogP contribution in [0.4, 0.5) is 0 Å². The molecule has 1 amide bonds. The van der Waals surface area contributed by atoms with E-state index in [0.717, 1.165) is 44.3 Å². The van der Waals surface area contributed by atoms with Crippen molar-refractivity contribution in [2.24, 2.45) is 7.05 Å². The van der Waals surface area contributed by atoms with Crippen molar-refractivity contribution in [3.05, 3.63) is 18.0 Å². The summed E-state index contributed by atoms with van der Waals surface area (Å²) in [6.45, 7) is 2.10. The van der Waals surface area contributed by atoms with Gasteiger partial charge < -0.3 is 14.7 Å². The lowest BCUT2D eigenvalue weighted by atomic mass is 9.82. The number of aliphatic hydroxyl groups excluding tert-OH is 1. The minimum atomic E-state index is -0.404. The summed E-state index contributed by atoms with van der Waals surface area (Å²) >= 11 is 0. The van der Waals surface area contributed by atoms with Gasteiger partial charge in [0.05, 0.1) is 17.9 Å². The molecule has 0 radical (unpaired) electrons. The summed E-state index contributed by atoms with van der Waals surface area (Å²) in [5.41, 5.74) is 0.689. The molecule has 0 aliphatic carbocycles. The summed E-state index contributed by atoms with van der Waals surface area (Å²) in [7, 11) is 1.88. The molecule has 0 aromatic carbocycles. The Balaban J connectivity index is 1.49. The lowest BCUT2D eigenvalue weighted by Gasteiger charge is -2.46. The molecule has 3 heterocycles. The Morgan fingerprint density at radius 1 is 1.50 bits per heavy atom. The molecule has 2 aliphatic heterocycles. The van der Waals surface area contributed by atoms with Crippen LogP contribution in [0.15, 0.2) is 12.4 Å². The minimum absolute atomic E-state index is 0.184. The maximum absolute atomic E-state index is 12.3. The van der Waals surface area contributed by atoms with Gasteiger partial charge in [-0.1, -0.05) is 0 Å². The van der Waals surface area contributed by atoms with Gasteiger partial charge in [-0.15, -0.1) is 0 Å². The van der Waals surface area contributed by atoms with Crippen LogP contribution in [0.1, 0.15) is 37.7 Å². The van der Waals surface area contributed by atoms with Crippen molar-refractivity contribution in [3.63, 3.8) is 0 Å². The molecule has 6 nitrogen and oxygen atoms in total. The Kier molecular flexibility index (Phi) is 4.49. The number of rotatable bonds is 3. The Morgan fingerprint density at radius 3 is 2.91 bits per heavy atom. The third-order valence-electron chi connectivity index (χ3n) is 4.97. The highest BCUT2D eigenvalue weighted by atomic mass is 16.5. The van der Waals surface area contributed by atoms with E-state index in [-0.39, 0.29) is 12.0 Å². The molecular weight excluding hydrogens is 282 g/mol. The second-order valence-electron chi connectivity index (χ2n) is 6.47. The fourth-order valence-corrected chi connectivity index (χ4v) is 3.53. The first-order valence-electron chi connectivity index (χ1n) is 8.16. The third-order valence-corrected chi connectivity index (χ3v) is 4.97. The SMILES string of the molecule is Cn1cc(CCC(=O)N2CCC3(CC2)OCCC[C@@H]3O)cn1. The van der Waals surface area contributed by atoms with Crippen molar-refractivity contribution in [2.75, 3.05) is 19.7 Å². The van der Waals surface area contributed by atoms with E-state index in [1.807, 2.05) is 24.3 Å². The van der Waals surface area contributed by atoms with Gasteiger partial charge in [0.15, 0.2) is 0 Å². The molecule has 1 aromatic rings. The highest BCUT2D eigenvalue weighted by Crippen LogP contribution is 2.35. The van der Waals surface area contributed by atoms with Gasteiger partial charge in [0.2, 0.25) is 5.91 Å². The van der Waals surface area contributed by atoms with Crippen molar-refractivity contribution >= 4 is 5.91 Å². The molecule has 0 unspecified atom stereocenters. The van der Waals surface area contributed by atoms with Crippen LogP contribution in [0.5, 0.6) is 0 Å². The maximum Gasteiger partial charge on any atom is 0.222 e. The number of hydrogen-bond acceptors (Lipinski definition) is 4. The predicted molar refractivity (Wildman–Crippen MR) is 81.3 cm³/mol. The molecule has 6 heteroatoms. The van der Waals surface area contributed by atoms with E-state index in [1.54, 1.807) is 4.68 Å². The molecule has 122 valence electrons. The van der Waals surface area contributed by atoms with E-state index in [0.29, 0.717) is 19.5 Å². The number of carbonyl (C=O) groups excluding carboxylic acids is 1. The molecule has 2 fully saturated rings. The first-order valence-corrected chi connectivity index (χ1v) is 8.16. The van der Waals surface area contributed by atoms with Crippen molar-refractivity contribution in [1.29, 1.82) is 0 Å². The van der Waals surface area contributed by atoms with Gasteiger partial charge in [-0.2, -0.15) is 5.10 Å². The average molecular weight is 307 g/mol. The molecule has 0 bridgehead atoms. The zero-order chi connectivity index (χ0) is 15.6. The zero-order valence-electron chi connectivity index (χ0n) is 13.2. The first-order chi connectivity index (χ1) is 10.6. The minimum Gasteiger partial charge on any atom is -0.390 e. The summed E-state index contributed by atoms with van der Waals surface area (Å²) < 4.78 is 7.64.